The van der Waals surface area contributed by atoms with E-state index in [2.05, 4.69) is 18.2 Å². The first-order chi connectivity index (χ1) is 5.36. The normalized spacial score (nSPS) is 10.7. The maximum absolute atomic E-state index is 5.67. The topological polar surface area (TPSA) is 0 Å². The predicted molar refractivity (Wildman–Crippen MR) is 50.7 cm³/mol. The lowest BCUT2D eigenvalue weighted by molar-refractivity contribution is 1.39. The molecule has 0 aliphatic rings. The monoisotopic (exact) mass is 166 g/mol. The first-order valence-electron chi connectivity index (χ1n) is 3.64. The van der Waals surface area contributed by atoms with Crippen molar-refractivity contribution in [3.05, 3.63) is 41.5 Å². The maximum atomic E-state index is 5.67. The molecule has 0 saturated heterocycles. The number of allylic oxidation sites excluding steroid dienone is 1. The Morgan fingerprint density at radius 1 is 1.45 bits per heavy atom. The quantitative estimate of drug-likeness (QED) is 0.591. The zero-order valence-corrected chi connectivity index (χ0v) is 7.31. The van der Waals surface area contributed by atoms with Gasteiger partial charge in [-0.15, -0.1) is 11.6 Å². The van der Waals surface area contributed by atoms with E-state index in [1.54, 1.807) is 0 Å². The Morgan fingerprint density at radius 2 is 2.27 bits per heavy atom. The first kappa shape index (κ1) is 8.35. The van der Waals surface area contributed by atoms with E-state index in [1.807, 2.05) is 25.1 Å². The van der Waals surface area contributed by atoms with Gasteiger partial charge in [0, 0.05) is 5.88 Å². The van der Waals surface area contributed by atoms with Crippen LogP contribution in [0.25, 0.3) is 6.08 Å². The smallest absolute Gasteiger partial charge is 0.0474 e. The molecule has 0 aliphatic carbocycles. The van der Waals surface area contributed by atoms with Crippen LogP contribution in [0, 0.1) is 0 Å². The van der Waals surface area contributed by atoms with Crippen LogP contribution < -0.4 is 0 Å². The van der Waals surface area contributed by atoms with Crippen LogP contribution >= 0.6 is 11.6 Å². The van der Waals surface area contributed by atoms with Crippen molar-refractivity contribution >= 4 is 17.7 Å². The van der Waals surface area contributed by atoms with Gasteiger partial charge in [0.2, 0.25) is 0 Å². The van der Waals surface area contributed by atoms with Crippen molar-refractivity contribution in [2.24, 2.45) is 0 Å². The third-order valence-corrected chi connectivity index (χ3v) is 1.77. The molecule has 0 radical (unpaired) electrons. The van der Waals surface area contributed by atoms with E-state index in [1.165, 1.54) is 11.1 Å². The van der Waals surface area contributed by atoms with Gasteiger partial charge >= 0.3 is 0 Å². The number of rotatable bonds is 2. The molecule has 0 aliphatic heterocycles. The summed E-state index contributed by atoms with van der Waals surface area (Å²) in [6, 6.07) is 8.20. The van der Waals surface area contributed by atoms with E-state index in [-0.39, 0.29) is 0 Å². The number of hydrogen-bond acceptors (Lipinski definition) is 0. The molecular formula is C10H11Cl. The number of halogens is 1. The van der Waals surface area contributed by atoms with Crippen molar-refractivity contribution in [3.8, 4) is 0 Å². The molecule has 1 heteroatoms. The fourth-order valence-corrected chi connectivity index (χ4v) is 1.14. The van der Waals surface area contributed by atoms with E-state index >= 15 is 0 Å². The van der Waals surface area contributed by atoms with Crippen molar-refractivity contribution < 1.29 is 0 Å². The molecule has 0 amide bonds. The third kappa shape index (κ3) is 2.39. The molecule has 0 N–H and O–H groups in total. The Morgan fingerprint density at radius 3 is 2.91 bits per heavy atom. The second kappa shape index (κ2) is 4.20. The van der Waals surface area contributed by atoms with Gasteiger partial charge < -0.3 is 0 Å². The average Bonchev–Trinajstić information content (AvgIpc) is 2.06. The largest absolute Gasteiger partial charge is 0.122 e. The summed E-state index contributed by atoms with van der Waals surface area (Å²) < 4.78 is 0. The van der Waals surface area contributed by atoms with Crippen LogP contribution in [-0.2, 0) is 5.88 Å². The van der Waals surface area contributed by atoms with Gasteiger partial charge in [0.15, 0.2) is 0 Å². The highest BCUT2D eigenvalue weighted by molar-refractivity contribution is 6.17. The Kier molecular flexibility index (Phi) is 3.18. The standard InChI is InChI=1S/C10H11Cl/c1-2-4-9-5-3-6-10(7-9)8-11/h2-7H,8H2,1H3/b4-2+. The highest BCUT2D eigenvalue weighted by Gasteiger charge is 1.89. The molecule has 0 bridgehead atoms. The summed E-state index contributed by atoms with van der Waals surface area (Å²) in [5, 5.41) is 0. The van der Waals surface area contributed by atoms with Gasteiger partial charge in [-0.05, 0) is 18.1 Å². The summed E-state index contributed by atoms with van der Waals surface area (Å²) in [5.41, 5.74) is 2.38. The Hall–Kier alpha value is -0.750. The van der Waals surface area contributed by atoms with Crippen LogP contribution in [0.4, 0.5) is 0 Å². The maximum Gasteiger partial charge on any atom is 0.0474 e. The molecule has 58 valence electrons. The van der Waals surface area contributed by atoms with Crippen LogP contribution in [0.15, 0.2) is 30.3 Å². The van der Waals surface area contributed by atoms with Crippen LogP contribution in [0.2, 0.25) is 0 Å². The molecule has 1 aromatic carbocycles. The van der Waals surface area contributed by atoms with E-state index < -0.39 is 0 Å². The highest BCUT2D eigenvalue weighted by atomic mass is 35.5. The average molecular weight is 167 g/mol. The lowest BCUT2D eigenvalue weighted by Crippen LogP contribution is -1.77. The summed E-state index contributed by atoms with van der Waals surface area (Å²) >= 11 is 5.67. The molecule has 0 atom stereocenters. The fourth-order valence-electron chi connectivity index (χ4n) is 0.972. The Balaban J connectivity index is 2.91. The van der Waals surface area contributed by atoms with Gasteiger partial charge in [0.25, 0.3) is 0 Å². The van der Waals surface area contributed by atoms with Crippen molar-refractivity contribution in [3.63, 3.8) is 0 Å². The molecule has 0 nitrogen and oxygen atoms in total. The summed E-state index contributed by atoms with van der Waals surface area (Å²) in [5.74, 6) is 0.589. The zero-order chi connectivity index (χ0) is 8.10. The molecule has 0 saturated carbocycles. The van der Waals surface area contributed by atoms with Crippen LogP contribution in [0.5, 0.6) is 0 Å². The van der Waals surface area contributed by atoms with Crippen LogP contribution in [0.1, 0.15) is 18.1 Å². The van der Waals surface area contributed by atoms with Crippen molar-refractivity contribution in [1.82, 2.24) is 0 Å². The minimum absolute atomic E-state index is 0.589. The number of benzene rings is 1. The van der Waals surface area contributed by atoms with Crippen molar-refractivity contribution in [2.75, 3.05) is 0 Å². The second-order valence-corrected chi connectivity index (χ2v) is 2.65. The molecule has 1 rings (SSSR count). The van der Waals surface area contributed by atoms with Gasteiger partial charge in [0.05, 0.1) is 0 Å². The van der Waals surface area contributed by atoms with E-state index in [9.17, 15) is 0 Å². The van der Waals surface area contributed by atoms with Crippen molar-refractivity contribution in [2.45, 2.75) is 12.8 Å². The molecular weight excluding hydrogens is 156 g/mol. The zero-order valence-electron chi connectivity index (χ0n) is 6.55. The van der Waals surface area contributed by atoms with Crippen LogP contribution in [-0.4, -0.2) is 0 Å². The van der Waals surface area contributed by atoms with Gasteiger partial charge in [-0.25, -0.2) is 0 Å². The van der Waals surface area contributed by atoms with Gasteiger partial charge in [-0.3, -0.25) is 0 Å². The lowest BCUT2D eigenvalue weighted by Gasteiger charge is -1.96. The van der Waals surface area contributed by atoms with E-state index in [0.29, 0.717) is 5.88 Å². The minimum Gasteiger partial charge on any atom is -0.122 e. The summed E-state index contributed by atoms with van der Waals surface area (Å²) in [4.78, 5) is 0. The summed E-state index contributed by atoms with van der Waals surface area (Å²) in [6.07, 6.45) is 4.09. The van der Waals surface area contributed by atoms with Gasteiger partial charge in [-0.1, -0.05) is 36.4 Å². The Labute approximate surface area is 72.5 Å². The van der Waals surface area contributed by atoms with Crippen molar-refractivity contribution in [1.29, 1.82) is 0 Å². The summed E-state index contributed by atoms with van der Waals surface area (Å²) in [7, 11) is 0. The predicted octanol–water partition coefficient (Wildman–Crippen LogP) is 3.46. The molecule has 11 heavy (non-hydrogen) atoms. The first-order valence-corrected chi connectivity index (χ1v) is 4.18. The molecule has 0 spiro atoms. The van der Waals surface area contributed by atoms with Gasteiger partial charge in [0.1, 0.15) is 0 Å². The molecule has 0 unspecified atom stereocenters. The minimum atomic E-state index is 0.589. The third-order valence-electron chi connectivity index (χ3n) is 1.46. The highest BCUT2D eigenvalue weighted by Crippen LogP contribution is 2.08. The molecule has 0 aromatic heterocycles. The second-order valence-electron chi connectivity index (χ2n) is 2.38. The molecule has 0 fully saturated rings. The van der Waals surface area contributed by atoms with Gasteiger partial charge in [-0.2, -0.15) is 0 Å². The SMILES string of the molecule is C/C=C/c1cccc(CCl)c1. The summed E-state index contributed by atoms with van der Waals surface area (Å²) in [6.45, 7) is 2.01. The van der Waals surface area contributed by atoms with Crippen LogP contribution in [0.3, 0.4) is 0 Å². The fraction of sp³-hybridized carbons (Fsp3) is 0.200. The van der Waals surface area contributed by atoms with E-state index in [0.717, 1.165) is 0 Å². The molecule has 0 heterocycles. The number of alkyl halides is 1. The van der Waals surface area contributed by atoms with E-state index in [4.69, 9.17) is 11.6 Å². The lowest BCUT2D eigenvalue weighted by atomic mass is 10.1. The number of hydrogen-bond donors (Lipinski definition) is 0. The Bertz CT molecular complexity index is 251. The molecule has 1 aromatic rings.